The summed E-state index contributed by atoms with van der Waals surface area (Å²) in [4.78, 5) is 2.43. The lowest BCUT2D eigenvalue weighted by Gasteiger charge is -2.46. The van der Waals surface area contributed by atoms with Crippen molar-refractivity contribution in [3.63, 3.8) is 0 Å². The topological polar surface area (TPSA) is 42.3 Å². The van der Waals surface area contributed by atoms with Gasteiger partial charge in [0.05, 0.1) is 17.5 Å². The molecule has 1 unspecified atom stereocenters. The predicted molar refractivity (Wildman–Crippen MR) is 113 cm³/mol. The summed E-state index contributed by atoms with van der Waals surface area (Å²) in [5.41, 5.74) is 2.11. The Morgan fingerprint density at radius 2 is 1.96 bits per heavy atom. The maximum absolute atomic E-state index is 13.1. The fraction of sp³-hybridized carbons (Fsp3) is 0.550. The molecule has 4 rings (SSSR count). The molecule has 1 N–H and O–H groups in total. The lowest BCUT2D eigenvalue weighted by atomic mass is 9.82. The van der Waals surface area contributed by atoms with Gasteiger partial charge in [-0.1, -0.05) is 0 Å². The molecule has 1 aromatic heterocycles. The Hall–Kier alpha value is -1.18. The van der Waals surface area contributed by atoms with Gasteiger partial charge in [0.2, 0.25) is 0 Å². The van der Waals surface area contributed by atoms with Crippen LogP contribution in [0.15, 0.2) is 36.7 Å². The van der Waals surface area contributed by atoms with Crippen molar-refractivity contribution >= 4 is 24.8 Å². The van der Waals surface area contributed by atoms with Gasteiger partial charge in [-0.15, -0.1) is 24.8 Å². The van der Waals surface area contributed by atoms with E-state index in [1.807, 2.05) is 12.4 Å². The van der Waals surface area contributed by atoms with Gasteiger partial charge in [-0.3, -0.25) is 4.90 Å². The van der Waals surface area contributed by atoms with Crippen molar-refractivity contribution in [2.75, 3.05) is 26.7 Å². The van der Waals surface area contributed by atoms with Crippen LogP contribution in [0.3, 0.4) is 0 Å². The number of rotatable bonds is 4. The second kappa shape index (κ2) is 10.0. The van der Waals surface area contributed by atoms with Crippen molar-refractivity contribution in [2.24, 2.45) is 0 Å². The quantitative estimate of drug-likeness (QED) is 0.804. The Morgan fingerprint density at radius 3 is 2.68 bits per heavy atom. The van der Waals surface area contributed by atoms with E-state index >= 15 is 0 Å². The van der Waals surface area contributed by atoms with Crippen molar-refractivity contribution < 1.29 is 9.13 Å². The fourth-order valence-corrected chi connectivity index (χ4v) is 4.20. The van der Waals surface area contributed by atoms with Crippen LogP contribution in [0.1, 0.15) is 31.2 Å². The van der Waals surface area contributed by atoms with Crippen molar-refractivity contribution in [3.05, 3.63) is 48.0 Å². The molecule has 2 aromatic rings. The summed E-state index contributed by atoms with van der Waals surface area (Å²) in [7, 11) is 2.19. The zero-order valence-electron chi connectivity index (χ0n) is 16.1. The molecule has 0 radical (unpaired) electrons. The molecule has 3 heterocycles. The van der Waals surface area contributed by atoms with E-state index in [9.17, 15) is 4.39 Å². The standard InChI is InChI=1S/C20H27FN4O.2ClH/c1-24(19-6-11-26-20(12-19)7-9-22-10-8-20)14-16-13-23-25(15-16)18-4-2-17(21)3-5-18;;/h2-5,13,15,19,22H,6-12,14H2,1H3;2*1H. The Morgan fingerprint density at radius 1 is 1.25 bits per heavy atom. The third-order valence-corrected chi connectivity index (χ3v) is 5.76. The minimum atomic E-state index is -0.229. The number of ether oxygens (including phenoxy) is 1. The average Bonchev–Trinajstić information content (AvgIpc) is 3.11. The molecule has 0 saturated carbocycles. The van der Waals surface area contributed by atoms with Crippen LogP contribution in [0.4, 0.5) is 4.39 Å². The third kappa shape index (κ3) is 5.24. The number of aromatic nitrogens is 2. The molecule has 1 aromatic carbocycles. The summed E-state index contributed by atoms with van der Waals surface area (Å²) in [6.45, 7) is 3.83. The van der Waals surface area contributed by atoms with Gasteiger partial charge in [0.1, 0.15) is 5.82 Å². The summed E-state index contributed by atoms with van der Waals surface area (Å²) < 4.78 is 21.1. The maximum Gasteiger partial charge on any atom is 0.123 e. The predicted octanol–water partition coefficient (Wildman–Crippen LogP) is 3.59. The second-order valence-electron chi connectivity index (χ2n) is 7.61. The van der Waals surface area contributed by atoms with Gasteiger partial charge in [-0.05, 0) is 70.1 Å². The summed E-state index contributed by atoms with van der Waals surface area (Å²) in [5.74, 6) is -0.229. The summed E-state index contributed by atoms with van der Waals surface area (Å²) in [6, 6.07) is 6.95. The highest BCUT2D eigenvalue weighted by atomic mass is 35.5. The van der Waals surface area contributed by atoms with Gasteiger partial charge in [0.15, 0.2) is 0 Å². The molecule has 2 aliphatic rings. The normalized spacial score (nSPS) is 21.2. The molecular formula is C20H29Cl2FN4O. The van der Waals surface area contributed by atoms with Crippen molar-refractivity contribution in [3.8, 4) is 5.69 Å². The van der Waals surface area contributed by atoms with Gasteiger partial charge in [-0.25, -0.2) is 9.07 Å². The highest BCUT2D eigenvalue weighted by Gasteiger charge is 2.39. The Balaban J connectivity index is 0.00000140. The monoisotopic (exact) mass is 430 g/mol. The van der Waals surface area contributed by atoms with Crippen LogP contribution in [-0.4, -0.2) is 53.1 Å². The lowest BCUT2D eigenvalue weighted by Crippen LogP contribution is -2.52. The highest BCUT2D eigenvalue weighted by Crippen LogP contribution is 2.35. The molecule has 2 saturated heterocycles. The fourth-order valence-electron chi connectivity index (χ4n) is 4.20. The van der Waals surface area contributed by atoms with E-state index in [1.165, 1.54) is 17.7 Å². The number of piperidine rings is 1. The minimum Gasteiger partial charge on any atom is -0.375 e. The second-order valence-corrected chi connectivity index (χ2v) is 7.61. The lowest BCUT2D eigenvalue weighted by molar-refractivity contribution is -0.119. The number of nitrogens with zero attached hydrogens (tertiary/aromatic N) is 3. The first-order chi connectivity index (χ1) is 12.6. The first kappa shape index (κ1) is 23.1. The van der Waals surface area contributed by atoms with E-state index in [1.54, 1.807) is 16.8 Å². The Kier molecular flexibility index (Phi) is 8.28. The van der Waals surface area contributed by atoms with E-state index in [2.05, 4.69) is 22.4 Å². The molecule has 1 atom stereocenters. The van der Waals surface area contributed by atoms with Crippen molar-refractivity contribution in [1.29, 1.82) is 0 Å². The number of halogens is 3. The molecule has 0 aliphatic carbocycles. The first-order valence-electron chi connectivity index (χ1n) is 9.48. The zero-order chi connectivity index (χ0) is 18.0. The molecule has 2 fully saturated rings. The summed E-state index contributed by atoms with van der Waals surface area (Å²) >= 11 is 0. The van der Waals surface area contributed by atoms with Crippen LogP contribution < -0.4 is 5.32 Å². The SMILES string of the molecule is CN(Cc1cnn(-c2ccc(F)cc2)c1)C1CCOC2(CCNCC2)C1.Cl.Cl. The Labute approximate surface area is 178 Å². The summed E-state index contributed by atoms with van der Waals surface area (Å²) in [5, 5.41) is 7.87. The maximum atomic E-state index is 13.1. The largest absolute Gasteiger partial charge is 0.375 e. The zero-order valence-corrected chi connectivity index (χ0v) is 17.8. The molecule has 5 nitrogen and oxygen atoms in total. The van der Waals surface area contributed by atoms with E-state index in [0.29, 0.717) is 6.04 Å². The van der Waals surface area contributed by atoms with Gasteiger partial charge >= 0.3 is 0 Å². The Bertz CT molecular complexity index is 729. The number of hydrogen-bond donors (Lipinski definition) is 1. The highest BCUT2D eigenvalue weighted by molar-refractivity contribution is 5.85. The molecule has 2 aliphatic heterocycles. The average molecular weight is 431 g/mol. The summed E-state index contributed by atoms with van der Waals surface area (Å²) in [6.07, 6.45) is 8.34. The smallest absolute Gasteiger partial charge is 0.123 e. The van der Waals surface area contributed by atoms with Crippen molar-refractivity contribution in [2.45, 2.75) is 43.9 Å². The van der Waals surface area contributed by atoms with Gasteiger partial charge in [0.25, 0.3) is 0 Å². The molecule has 156 valence electrons. The molecule has 28 heavy (non-hydrogen) atoms. The van der Waals surface area contributed by atoms with E-state index in [-0.39, 0.29) is 36.2 Å². The molecule has 1 spiro atoms. The van der Waals surface area contributed by atoms with Crippen LogP contribution in [-0.2, 0) is 11.3 Å². The van der Waals surface area contributed by atoms with Crippen LogP contribution in [0.5, 0.6) is 0 Å². The van der Waals surface area contributed by atoms with E-state index in [4.69, 9.17) is 4.74 Å². The van der Waals surface area contributed by atoms with Gasteiger partial charge in [-0.2, -0.15) is 5.10 Å². The minimum absolute atomic E-state index is 0. The number of nitrogens with one attached hydrogen (secondary N) is 1. The first-order valence-corrected chi connectivity index (χ1v) is 9.48. The van der Waals surface area contributed by atoms with E-state index < -0.39 is 0 Å². The number of hydrogen-bond acceptors (Lipinski definition) is 4. The van der Waals surface area contributed by atoms with Crippen LogP contribution in [0.2, 0.25) is 0 Å². The third-order valence-electron chi connectivity index (χ3n) is 5.76. The number of benzene rings is 1. The molecule has 0 bridgehead atoms. The van der Waals surface area contributed by atoms with Crippen LogP contribution in [0.25, 0.3) is 5.69 Å². The molecule has 8 heteroatoms. The van der Waals surface area contributed by atoms with Gasteiger partial charge in [0, 0.05) is 31.0 Å². The molecular weight excluding hydrogens is 402 g/mol. The van der Waals surface area contributed by atoms with Gasteiger partial charge < -0.3 is 10.1 Å². The molecule has 0 amide bonds. The van der Waals surface area contributed by atoms with Crippen LogP contribution in [0, 0.1) is 5.82 Å². The van der Waals surface area contributed by atoms with Crippen LogP contribution >= 0.6 is 24.8 Å². The van der Waals surface area contributed by atoms with Crippen molar-refractivity contribution in [1.82, 2.24) is 20.0 Å². The van der Waals surface area contributed by atoms with E-state index in [0.717, 1.165) is 57.6 Å².